The third-order valence-corrected chi connectivity index (χ3v) is 2.71. The summed E-state index contributed by atoms with van der Waals surface area (Å²) < 4.78 is 5.83. The van der Waals surface area contributed by atoms with Crippen molar-refractivity contribution in [1.82, 2.24) is 0 Å². The van der Waals surface area contributed by atoms with Gasteiger partial charge in [0.25, 0.3) is 0 Å². The normalized spacial score (nSPS) is 10.5. The fourth-order valence-corrected chi connectivity index (χ4v) is 2.17. The van der Waals surface area contributed by atoms with E-state index in [4.69, 9.17) is 4.74 Å². The summed E-state index contributed by atoms with van der Waals surface area (Å²) in [7, 11) is 0. The van der Waals surface area contributed by atoms with Crippen LogP contribution in [0.2, 0.25) is 0 Å². The first-order chi connectivity index (χ1) is 7.72. The molecule has 0 amide bonds. The predicted molar refractivity (Wildman–Crippen MR) is 70.3 cm³/mol. The van der Waals surface area contributed by atoms with Gasteiger partial charge in [-0.3, -0.25) is 0 Å². The summed E-state index contributed by atoms with van der Waals surface area (Å²) in [5.74, 6) is 1.15. The van der Waals surface area contributed by atoms with Crippen molar-refractivity contribution in [1.29, 1.82) is 0 Å². The van der Waals surface area contributed by atoms with E-state index in [1.807, 2.05) is 0 Å². The van der Waals surface area contributed by atoms with Gasteiger partial charge in [-0.05, 0) is 37.8 Å². The van der Waals surface area contributed by atoms with Gasteiger partial charge < -0.3 is 4.74 Å². The van der Waals surface area contributed by atoms with Gasteiger partial charge in [0.15, 0.2) is 0 Å². The van der Waals surface area contributed by atoms with E-state index in [0.29, 0.717) is 0 Å². The molecule has 1 aromatic rings. The predicted octanol–water partition coefficient (Wildman–Crippen LogP) is 4.30. The molecule has 1 rings (SSSR count). The third kappa shape index (κ3) is 3.26. The lowest BCUT2D eigenvalue weighted by Crippen LogP contribution is -2.02. The van der Waals surface area contributed by atoms with Gasteiger partial charge in [0, 0.05) is 0 Å². The lowest BCUT2D eigenvalue weighted by molar-refractivity contribution is 0.332. The summed E-state index contributed by atoms with van der Waals surface area (Å²) in [5.41, 5.74) is 4.12. The van der Waals surface area contributed by atoms with Gasteiger partial charge in [0.05, 0.1) is 6.61 Å². The number of hydrogen-bond acceptors (Lipinski definition) is 1. The molecule has 0 spiro atoms. The summed E-state index contributed by atoms with van der Waals surface area (Å²) in [6.45, 7) is 9.44. The van der Waals surface area contributed by atoms with Crippen molar-refractivity contribution in [2.24, 2.45) is 0 Å². The Bertz CT molecular complexity index is 301. The van der Waals surface area contributed by atoms with Crippen molar-refractivity contribution in [2.45, 2.75) is 53.4 Å². The number of ether oxygens (including phenoxy) is 1. The minimum absolute atomic E-state index is 0.760. The molecule has 0 N–H and O–H groups in total. The van der Waals surface area contributed by atoms with E-state index in [1.54, 1.807) is 0 Å². The zero-order valence-corrected chi connectivity index (χ0v) is 11.1. The summed E-state index contributed by atoms with van der Waals surface area (Å²) in [6, 6.07) is 4.54. The van der Waals surface area contributed by atoms with Crippen LogP contribution in [0.1, 0.15) is 50.3 Å². The van der Waals surface area contributed by atoms with Crippen LogP contribution in [0.3, 0.4) is 0 Å². The second-order valence-corrected chi connectivity index (χ2v) is 4.35. The molecular formula is C15H24O. The van der Waals surface area contributed by atoms with Gasteiger partial charge in [-0.1, -0.05) is 44.4 Å². The standard InChI is InChI=1S/C15H24O/c1-5-8-13-10-12(4)11-14(9-6-2)15(13)16-7-3/h10-11H,5-9H2,1-4H3. The Balaban J connectivity index is 3.12. The Morgan fingerprint density at radius 3 is 1.81 bits per heavy atom. The summed E-state index contributed by atoms with van der Waals surface area (Å²) in [5, 5.41) is 0. The Labute approximate surface area is 99.8 Å². The largest absolute Gasteiger partial charge is 0.493 e. The van der Waals surface area contributed by atoms with Crippen LogP contribution < -0.4 is 4.74 Å². The highest BCUT2D eigenvalue weighted by atomic mass is 16.5. The number of benzene rings is 1. The number of rotatable bonds is 6. The molecule has 0 radical (unpaired) electrons. The average Bonchev–Trinajstić information content (AvgIpc) is 2.24. The van der Waals surface area contributed by atoms with Crippen molar-refractivity contribution in [3.05, 3.63) is 28.8 Å². The van der Waals surface area contributed by atoms with E-state index in [2.05, 4.69) is 39.8 Å². The molecule has 0 heterocycles. The molecule has 0 aliphatic heterocycles. The topological polar surface area (TPSA) is 9.23 Å². The number of aryl methyl sites for hydroxylation is 3. The van der Waals surface area contributed by atoms with E-state index in [9.17, 15) is 0 Å². The molecule has 0 saturated carbocycles. The molecule has 90 valence electrons. The van der Waals surface area contributed by atoms with Gasteiger partial charge in [-0.15, -0.1) is 0 Å². The van der Waals surface area contributed by atoms with Gasteiger partial charge in [-0.25, -0.2) is 0 Å². The molecule has 16 heavy (non-hydrogen) atoms. The van der Waals surface area contributed by atoms with Crippen LogP contribution >= 0.6 is 0 Å². The molecule has 0 aliphatic rings. The van der Waals surface area contributed by atoms with E-state index in [-0.39, 0.29) is 0 Å². The fourth-order valence-electron chi connectivity index (χ4n) is 2.17. The van der Waals surface area contributed by atoms with Crippen molar-refractivity contribution in [3.63, 3.8) is 0 Å². The molecule has 1 heteroatoms. The Morgan fingerprint density at radius 2 is 1.44 bits per heavy atom. The molecule has 0 atom stereocenters. The highest BCUT2D eigenvalue weighted by molar-refractivity contribution is 5.44. The van der Waals surface area contributed by atoms with Crippen molar-refractivity contribution in [3.8, 4) is 5.75 Å². The van der Waals surface area contributed by atoms with Gasteiger partial charge in [-0.2, -0.15) is 0 Å². The van der Waals surface area contributed by atoms with Crippen LogP contribution in [0.4, 0.5) is 0 Å². The molecule has 0 saturated heterocycles. The summed E-state index contributed by atoms with van der Waals surface area (Å²) in [6.07, 6.45) is 4.59. The molecule has 1 nitrogen and oxygen atoms in total. The minimum atomic E-state index is 0.760. The molecular weight excluding hydrogens is 196 g/mol. The van der Waals surface area contributed by atoms with Crippen LogP contribution in [0, 0.1) is 6.92 Å². The molecule has 1 aromatic carbocycles. The van der Waals surface area contributed by atoms with Gasteiger partial charge in [0.1, 0.15) is 5.75 Å². The van der Waals surface area contributed by atoms with Crippen LogP contribution in [-0.4, -0.2) is 6.61 Å². The quantitative estimate of drug-likeness (QED) is 0.694. The van der Waals surface area contributed by atoms with Crippen molar-refractivity contribution >= 4 is 0 Å². The molecule has 0 unspecified atom stereocenters. The van der Waals surface area contributed by atoms with E-state index >= 15 is 0 Å². The summed E-state index contributed by atoms with van der Waals surface area (Å²) in [4.78, 5) is 0. The third-order valence-electron chi connectivity index (χ3n) is 2.71. The monoisotopic (exact) mass is 220 g/mol. The zero-order valence-electron chi connectivity index (χ0n) is 11.1. The van der Waals surface area contributed by atoms with Crippen molar-refractivity contribution in [2.75, 3.05) is 6.61 Å². The van der Waals surface area contributed by atoms with E-state index in [1.165, 1.54) is 29.5 Å². The minimum Gasteiger partial charge on any atom is -0.493 e. The molecule has 0 aliphatic carbocycles. The maximum atomic E-state index is 5.83. The van der Waals surface area contributed by atoms with E-state index < -0.39 is 0 Å². The van der Waals surface area contributed by atoms with Crippen LogP contribution in [0.25, 0.3) is 0 Å². The second kappa shape index (κ2) is 6.57. The first-order valence-electron chi connectivity index (χ1n) is 6.48. The van der Waals surface area contributed by atoms with Crippen molar-refractivity contribution < 1.29 is 4.74 Å². The van der Waals surface area contributed by atoms with E-state index in [0.717, 1.165) is 25.2 Å². The lowest BCUT2D eigenvalue weighted by atomic mass is 9.99. The smallest absolute Gasteiger partial charge is 0.125 e. The SMILES string of the molecule is CCCc1cc(C)cc(CCC)c1OCC. The maximum Gasteiger partial charge on any atom is 0.125 e. The van der Waals surface area contributed by atoms with Crippen LogP contribution in [-0.2, 0) is 12.8 Å². The summed E-state index contributed by atoms with van der Waals surface area (Å²) >= 11 is 0. The molecule has 0 aromatic heterocycles. The van der Waals surface area contributed by atoms with Crippen LogP contribution in [0.5, 0.6) is 5.75 Å². The average molecular weight is 220 g/mol. The van der Waals surface area contributed by atoms with Gasteiger partial charge >= 0.3 is 0 Å². The lowest BCUT2D eigenvalue weighted by Gasteiger charge is -2.15. The highest BCUT2D eigenvalue weighted by Gasteiger charge is 2.09. The molecule has 0 bridgehead atoms. The fraction of sp³-hybridized carbons (Fsp3) is 0.600. The highest BCUT2D eigenvalue weighted by Crippen LogP contribution is 2.28. The first-order valence-corrected chi connectivity index (χ1v) is 6.48. The second-order valence-electron chi connectivity index (χ2n) is 4.35. The van der Waals surface area contributed by atoms with Gasteiger partial charge in [0.2, 0.25) is 0 Å². The Hall–Kier alpha value is -0.980. The first kappa shape index (κ1) is 13.1. The Morgan fingerprint density at radius 1 is 0.938 bits per heavy atom. The molecule has 0 fully saturated rings. The Kier molecular flexibility index (Phi) is 5.37. The zero-order chi connectivity index (χ0) is 12.0. The number of hydrogen-bond donors (Lipinski definition) is 0. The maximum absolute atomic E-state index is 5.83. The van der Waals surface area contributed by atoms with Crippen LogP contribution in [0.15, 0.2) is 12.1 Å².